The molecule has 0 unspecified atom stereocenters. The Kier molecular flexibility index (Phi) is 5.05. The second kappa shape index (κ2) is 6.61. The maximum Gasteiger partial charge on any atom is 0.145 e. The third kappa shape index (κ3) is 3.38. The van der Waals surface area contributed by atoms with Crippen molar-refractivity contribution in [2.24, 2.45) is 0 Å². The Hall–Kier alpha value is -1.84. The molecule has 0 saturated heterocycles. The van der Waals surface area contributed by atoms with Crippen LogP contribution in [0, 0.1) is 29.0 Å². The average molecular weight is 216 g/mol. The Balaban J connectivity index is 2.54. The Morgan fingerprint density at radius 2 is 2.25 bits per heavy atom. The molecular formula is C13H13FN2. The van der Waals surface area contributed by atoms with E-state index in [9.17, 15) is 4.39 Å². The van der Waals surface area contributed by atoms with Gasteiger partial charge >= 0.3 is 0 Å². The van der Waals surface area contributed by atoms with E-state index in [0.29, 0.717) is 12.1 Å². The molecule has 0 heterocycles. The topological polar surface area (TPSA) is 35.8 Å². The molecule has 0 atom stereocenters. The van der Waals surface area contributed by atoms with Crippen LogP contribution in [0.1, 0.15) is 24.5 Å². The van der Waals surface area contributed by atoms with Gasteiger partial charge in [0.15, 0.2) is 0 Å². The van der Waals surface area contributed by atoms with Crippen LogP contribution in [0.25, 0.3) is 0 Å². The zero-order chi connectivity index (χ0) is 11.8. The molecule has 2 nitrogen and oxygen atoms in total. The van der Waals surface area contributed by atoms with E-state index in [2.05, 4.69) is 17.2 Å². The van der Waals surface area contributed by atoms with Crippen molar-refractivity contribution in [1.29, 1.82) is 5.26 Å². The number of rotatable bonds is 4. The quantitative estimate of drug-likeness (QED) is 0.618. The highest BCUT2D eigenvalue weighted by Crippen LogP contribution is 2.11. The first kappa shape index (κ1) is 12.2. The van der Waals surface area contributed by atoms with E-state index in [1.807, 2.05) is 6.07 Å². The normalized spacial score (nSPS) is 9.06. The summed E-state index contributed by atoms with van der Waals surface area (Å²) in [6.07, 6.45) is 0.746. The van der Waals surface area contributed by atoms with Crippen LogP contribution in [-0.4, -0.2) is 6.54 Å². The zero-order valence-electron chi connectivity index (χ0n) is 9.18. The third-order valence-electron chi connectivity index (χ3n) is 2.12. The summed E-state index contributed by atoms with van der Waals surface area (Å²) >= 11 is 0. The number of hydrogen-bond acceptors (Lipinski definition) is 2. The predicted molar refractivity (Wildman–Crippen MR) is 60.9 cm³/mol. The van der Waals surface area contributed by atoms with Gasteiger partial charge in [0.25, 0.3) is 0 Å². The fourth-order valence-electron chi connectivity index (χ4n) is 1.30. The van der Waals surface area contributed by atoms with Crippen molar-refractivity contribution in [3.63, 3.8) is 0 Å². The first-order valence-electron chi connectivity index (χ1n) is 5.07. The van der Waals surface area contributed by atoms with Crippen LogP contribution in [0.15, 0.2) is 18.2 Å². The van der Waals surface area contributed by atoms with Crippen LogP contribution in [-0.2, 0) is 6.54 Å². The first-order valence-corrected chi connectivity index (χ1v) is 5.07. The molecule has 1 rings (SSSR count). The van der Waals surface area contributed by atoms with E-state index in [1.54, 1.807) is 19.1 Å². The number of benzene rings is 1. The minimum atomic E-state index is -0.431. The molecule has 0 aliphatic carbocycles. The maximum atomic E-state index is 13.6. The molecule has 0 bridgehead atoms. The minimum absolute atomic E-state index is 0.0904. The molecule has 16 heavy (non-hydrogen) atoms. The number of halogens is 1. The van der Waals surface area contributed by atoms with Gasteiger partial charge in [0.2, 0.25) is 0 Å². The molecule has 0 fully saturated rings. The summed E-state index contributed by atoms with van der Waals surface area (Å²) in [4.78, 5) is 0. The van der Waals surface area contributed by atoms with E-state index in [-0.39, 0.29) is 5.56 Å². The van der Waals surface area contributed by atoms with Crippen LogP contribution in [0.5, 0.6) is 0 Å². The lowest BCUT2D eigenvalue weighted by atomic mass is 10.1. The maximum absolute atomic E-state index is 13.6. The van der Waals surface area contributed by atoms with E-state index < -0.39 is 5.82 Å². The molecule has 1 aromatic rings. The van der Waals surface area contributed by atoms with Crippen LogP contribution >= 0.6 is 0 Å². The van der Waals surface area contributed by atoms with Gasteiger partial charge in [-0.25, -0.2) is 4.39 Å². The van der Waals surface area contributed by atoms with Crippen LogP contribution in [0.3, 0.4) is 0 Å². The fraction of sp³-hybridized carbons (Fsp3) is 0.308. The monoisotopic (exact) mass is 216 g/mol. The van der Waals surface area contributed by atoms with Gasteiger partial charge in [-0.1, -0.05) is 12.1 Å². The predicted octanol–water partition coefficient (Wildman–Crippen LogP) is 2.20. The van der Waals surface area contributed by atoms with Gasteiger partial charge < -0.3 is 5.32 Å². The zero-order valence-corrected chi connectivity index (χ0v) is 9.18. The van der Waals surface area contributed by atoms with Crippen LogP contribution in [0.4, 0.5) is 4.39 Å². The molecule has 0 radical (unpaired) electrons. The molecule has 0 saturated carbocycles. The van der Waals surface area contributed by atoms with Gasteiger partial charge in [-0.3, -0.25) is 0 Å². The molecule has 0 amide bonds. The average Bonchev–Trinajstić information content (AvgIpc) is 2.31. The highest BCUT2D eigenvalue weighted by molar-refractivity contribution is 5.34. The summed E-state index contributed by atoms with van der Waals surface area (Å²) in [5.41, 5.74) is 0.608. The summed E-state index contributed by atoms with van der Waals surface area (Å²) in [6, 6.07) is 6.66. The lowest BCUT2D eigenvalue weighted by molar-refractivity contribution is 0.587. The number of nitrogens with one attached hydrogen (secondary N) is 1. The molecule has 0 aliphatic heterocycles. The van der Waals surface area contributed by atoms with Crippen molar-refractivity contribution in [1.82, 2.24) is 5.32 Å². The summed E-state index contributed by atoms with van der Waals surface area (Å²) < 4.78 is 13.6. The van der Waals surface area contributed by atoms with Gasteiger partial charge in [-0.05, 0) is 13.0 Å². The van der Waals surface area contributed by atoms with Crippen LogP contribution in [0.2, 0.25) is 0 Å². The Morgan fingerprint density at radius 1 is 1.44 bits per heavy atom. The van der Waals surface area contributed by atoms with Gasteiger partial charge in [-0.15, -0.1) is 11.8 Å². The van der Waals surface area contributed by atoms with Gasteiger partial charge in [0, 0.05) is 25.1 Å². The third-order valence-corrected chi connectivity index (χ3v) is 2.12. The van der Waals surface area contributed by atoms with Gasteiger partial charge in [0.05, 0.1) is 5.56 Å². The van der Waals surface area contributed by atoms with Crippen molar-refractivity contribution >= 4 is 0 Å². The smallest absolute Gasteiger partial charge is 0.145 e. The Morgan fingerprint density at radius 3 is 2.94 bits per heavy atom. The molecule has 1 N–H and O–H groups in total. The van der Waals surface area contributed by atoms with Crippen molar-refractivity contribution in [2.45, 2.75) is 19.9 Å². The number of nitrogens with zero attached hydrogens (tertiary/aromatic N) is 1. The largest absolute Gasteiger partial charge is 0.312 e. The Labute approximate surface area is 95.1 Å². The first-order chi connectivity index (χ1) is 7.79. The highest BCUT2D eigenvalue weighted by atomic mass is 19.1. The number of hydrogen-bond donors (Lipinski definition) is 1. The fourth-order valence-corrected chi connectivity index (χ4v) is 1.30. The molecule has 0 spiro atoms. The summed E-state index contributed by atoms with van der Waals surface area (Å²) in [5, 5.41) is 11.7. The lowest BCUT2D eigenvalue weighted by Crippen LogP contribution is -2.15. The summed E-state index contributed by atoms with van der Waals surface area (Å²) in [6.45, 7) is 2.93. The van der Waals surface area contributed by atoms with Gasteiger partial charge in [-0.2, -0.15) is 5.26 Å². The summed E-state index contributed by atoms with van der Waals surface area (Å²) in [7, 11) is 0. The second-order valence-electron chi connectivity index (χ2n) is 3.24. The van der Waals surface area contributed by atoms with Crippen molar-refractivity contribution in [3.05, 3.63) is 35.1 Å². The van der Waals surface area contributed by atoms with E-state index in [1.165, 1.54) is 6.07 Å². The second-order valence-corrected chi connectivity index (χ2v) is 3.24. The lowest BCUT2D eigenvalue weighted by Gasteiger charge is -2.04. The van der Waals surface area contributed by atoms with E-state index in [0.717, 1.165) is 13.0 Å². The standard InChI is InChI=1S/C13H13FN2/c1-2-3-4-8-16-10-12-7-5-6-11(9-15)13(12)14/h5-7,16H,4,8,10H2,1H3. The molecular weight excluding hydrogens is 203 g/mol. The SMILES string of the molecule is CC#CCCNCc1cccc(C#N)c1F. The minimum Gasteiger partial charge on any atom is -0.312 e. The molecule has 82 valence electrons. The van der Waals surface area contributed by atoms with Crippen LogP contribution < -0.4 is 5.32 Å². The molecule has 1 aromatic carbocycles. The van der Waals surface area contributed by atoms with E-state index in [4.69, 9.17) is 5.26 Å². The number of nitriles is 1. The molecule has 0 aliphatic rings. The molecule has 0 aromatic heterocycles. The van der Waals surface area contributed by atoms with E-state index >= 15 is 0 Å². The molecule has 3 heteroatoms. The summed E-state index contributed by atoms with van der Waals surface area (Å²) in [5.74, 6) is 5.27. The highest BCUT2D eigenvalue weighted by Gasteiger charge is 2.06. The van der Waals surface area contributed by atoms with Gasteiger partial charge in [0.1, 0.15) is 11.9 Å². The van der Waals surface area contributed by atoms with Crippen molar-refractivity contribution in [3.8, 4) is 17.9 Å². The van der Waals surface area contributed by atoms with Crippen molar-refractivity contribution in [2.75, 3.05) is 6.54 Å². The van der Waals surface area contributed by atoms with Crippen molar-refractivity contribution < 1.29 is 4.39 Å². The Bertz CT molecular complexity index is 449.